The molecular formula is C36H48ClN5O9S. The van der Waals surface area contributed by atoms with Crippen molar-refractivity contribution in [2.24, 2.45) is 17.3 Å². The van der Waals surface area contributed by atoms with Gasteiger partial charge in [-0.05, 0) is 88.3 Å². The summed E-state index contributed by atoms with van der Waals surface area (Å²) in [5.74, 6) is -1.24. The van der Waals surface area contributed by atoms with Crippen LogP contribution in [0.4, 0.5) is 4.79 Å². The molecule has 2 heterocycles. The molecule has 284 valence electrons. The first kappa shape index (κ1) is 37.9. The number of carbonyl (C=O) groups excluding carboxylic acids is 4. The van der Waals surface area contributed by atoms with Crippen LogP contribution in [0.25, 0.3) is 10.8 Å². The molecule has 1 saturated heterocycles. The number of benzene rings is 1. The van der Waals surface area contributed by atoms with Crippen molar-refractivity contribution in [1.82, 2.24) is 25.2 Å². The summed E-state index contributed by atoms with van der Waals surface area (Å²) in [7, 11) is -2.35. The van der Waals surface area contributed by atoms with E-state index in [-0.39, 0.29) is 30.7 Å². The topological polar surface area (TPSA) is 182 Å². The van der Waals surface area contributed by atoms with Gasteiger partial charge in [0.1, 0.15) is 35.1 Å². The van der Waals surface area contributed by atoms with E-state index in [9.17, 15) is 27.6 Å². The number of amides is 4. The second kappa shape index (κ2) is 13.5. The van der Waals surface area contributed by atoms with Gasteiger partial charge in [0.15, 0.2) is 0 Å². The molecule has 3 saturated carbocycles. The number of nitrogens with one attached hydrogen (secondary N) is 3. The number of halogens is 1. The number of hydrogen-bond donors (Lipinski definition) is 3. The maximum atomic E-state index is 14.5. The molecule has 4 aliphatic rings. The van der Waals surface area contributed by atoms with Gasteiger partial charge in [0.2, 0.25) is 27.7 Å². The molecule has 1 aliphatic heterocycles. The number of sulfonamides is 1. The van der Waals surface area contributed by atoms with E-state index in [0.717, 1.165) is 12.8 Å². The standard InChI is InChI=1S/C36H48ClN5O9S/c1-34(2,3)28(39-33(46)51-35(4,5)6)31(44)42-18-21(50-30-24-14-20(37)10-13-23(24)27(49-7)17-38-30)15-26(42)29(43)40-36(16-25(36)19-8-9-19)32(45)41-52(47,48)22-11-12-22/h10,13-14,17,19,21-22,25-26,28H,8-9,11-12,15-16,18H2,1-7H3,(H,39,46)(H,40,43)(H,41,45)/t21-,25+,26+,28-,36-/m1/s1. The molecule has 3 aliphatic carbocycles. The average molecular weight is 762 g/mol. The zero-order chi connectivity index (χ0) is 38.0. The van der Waals surface area contributed by atoms with Crippen LogP contribution in [-0.2, 0) is 29.1 Å². The lowest BCUT2D eigenvalue weighted by Crippen LogP contribution is -2.60. The lowest BCUT2D eigenvalue weighted by atomic mass is 9.85. The Labute approximate surface area is 309 Å². The highest BCUT2D eigenvalue weighted by atomic mass is 35.5. The Morgan fingerprint density at radius 3 is 2.33 bits per heavy atom. The van der Waals surface area contributed by atoms with Crippen LogP contribution < -0.4 is 24.8 Å². The largest absolute Gasteiger partial charge is 0.494 e. The van der Waals surface area contributed by atoms with Crippen LogP contribution >= 0.6 is 11.6 Å². The monoisotopic (exact) mass is 761 g/mol. The minimum Gasteiger partial charge on any atom is -0.494 e. The van der Waals surface area contributed by atoms with Gasteiger partial charge in [-0.25, -0.2) is 18.2 Å². The molecule has 2 aromatic rings. The molecule has 4 fully saturated rings. The van der Waals surface area contributed by atoms with E-state index in [4.69, 9.17) is 25.8 Å². The highest BCUT2D eigenvalue weighted by Gasteiger charge is 2.67. The van der Waals surface area contributed by atoms with Crippen molar-refractivity contribution in [3.8, 4) is 11.6 Å². The van der Waals surface area contributed by atoms with Crippen LogP contribution in [0.2, 0.25) is 5.02 Å². The van der Waals surface area contributed by atoms with Crippen LogP contribution in [0.1, 0.15) is 80.1 Å². The van der Waals surface area contributed by atoms with E-state index in [1.165, 1.54) is 18.2 Å². The van der Waals surface area contributed by atoms with Crippen LogP contribution in [0.3, 0.4) is 0 Å². The highest BCUT2D eigenvalue weighted by Crippen LogP contribution is 2.57. The van der Waals surface area contributed by atoms with Gasteiger partial charge < -0.3 is 29.7 Å². The Morgan fingerprint density at radius 2 is 1.73 bits per heavy atom. The number of carbonyl (C=O) groups is 4. The first-order chi connectivity index (χ1) is 24.2. The Morgan fingerprint density at radius 1 is 1.04 bits per heavy atom. The Hall–Kier alpha value is -3.85. The first-order valence-electron chi connectivity index (χ1n) is 17.7. The molecule has 0 bridgehead atoms. The summed E-state index contributed by atoms with van der Waals surface area (Å²) in [5.41, 5.74) is -3.06. The number of nitrogens with zero attached hydrogens (tertiary/aromatic N) is 2. The molecule has 1 aromatic heterocycles. The summed E-state index contributed by atoms with van der Waals surface area (Å²) in [5, 5.41) is 6.70. The maximum Gasteiger partial charge on any atom is 0.408 e. The average Bonchev–Trinajstić information content (AvgIpc) is 3.90. The van der Waals surface area contributed by atoms with Crippen molar-refractivity contribution in [1.29, 1.82) is 0 Å². The number of alkyl carbamates (subject to hydrolysis) is 1. The summed E-state index contributed by atoms with van der Waals surface area (Å²) >= 11 is 6.34. The molecule has 6 rings (SSSR count). The predicted molar refractivity (Wildman–Crippen MR) is 192 cm³/mol. The molecule has 0 radical (unpaired) electrons. The molecule has 5 atom stereocenters. The summed E-state index contributed by atoms with van der Waals surface area (Å²) in [6.07, 6.45) is 3.00. The third-order valence-electron chi connectivity index (χ3n) is 10.1. The lowest BCUT2D eigenvalue weighted by Gasteiger charge is -2.36. The normalized spacial score (nSPS) is 25.2. The molecule has 0 unspecified atom stereocenters. The Bertz CT molecular complexity index is 1890. The maximum absolute atomic E-state index is 14.5. The third kappa shape index (κ3) is 8.04. The number of rotatable bonds is 11. The summed E-state index contributed by atoms with van der Waals surface area (Å²) in [6.45, 7) is 10.4. The van der Waals surface area contributed by atoms with E-state index in [1.807, 2.05) is 0 Å². The fraction of sp³-hybridized carbons (Fsp3) is 0.639. The van der Waals surface area contributed by atoms with Crippen LogP contribution in [-0.4, -0.2) is 90.3 Å². The van der Waals surface area contributed by atoms with Crippen molar-refractivity contribution in [2.75, 3.05) is 13.7 Å². The quantitative estimate of drug-likeness (QED) is 0.302. The van der Waals surface area contributed by atoms with Gasteiger partial charge in [-0.15, -0.1) is 0 Å². The fourth-order valence-corrected chi connectivity index (χ4v) is 8.53. The Kier molecular flexibility index (Phi) is 9.86. The van der Waals surface area contributed by atoms with Crippen LogP contribution in [0.5, 0.6) is 11.6 Å². The van der Waals surface area contributed by atoms with Gasteiger partial charge in [-0.3, -0.25) is 19.1 Å². The van der Waals surface area contributed by atoms with Gasteiger partial charge in [-0.2, -0.15) is 0 Å². The van der Waals surface area contributed by atoms with Crippen molar-refractivity contribution >= 4 is 56.2 Å². The molecule has 14 nitrogen and oxygen atoms in total. The number of methoxy groups -OCH3 is 1. The molecular weight excluding hydrogens is 714 g/mol. The molecule has 3 N–H and O–H groups in total. The van der Waals surface area contributed by atoms with E-state index in [2.05, 4.69) is 20.3 Å². The van der Waals surface area contributed by atoms with Crippen LogP contribution in [0.15, 0.2) is 24.4 Å². The number of pyridine rings is 1. The number of ether oxygens (including phenoxy) is 3. The summed E-state index contributed by atoms with van der Waals surface area (Å²) < 4.78 is 45.2. The second-order valence-corrected chi connectivity index (χ2v) is 18.9. The first-order valence-corrected chi connectivity index (χ1v) is 19.6. The van der Waals surface area contributed by atoms with E-state index >= 15 is 0 Å². The number of fused-ring (bicyclic) bond motifs is 1. The molecule has 0 spiro atoms. The van der Waals surface area contributed by atoms with E-state index in [0.29, 0.717) is 40.8 Å². The number of hydrogen-bond acceptors (Lipinski definition) is 10. The molecule has 4 amide bonds. The van der Waals surface area contributed by atoms with Crippen LogP contribution in [0, 0.1) is 17.3 Å². The lowest BCUT2D eigenvalue weighted by molar-refractivity contribution is -0.143. The summed E-state index contributed by atoms with van der Waals surface area (Å²) in [4.78, 5) is 61.4. The minimum absolute atomic E-state index is 0.0167. The number of aromatic nitrogens is 1. The van der Waals surface area contributed by atoms with Crippen molar-refractivity contribution in [3.05, 3.63) is 29.4 Å². The molecule has 16 heteroatoms. The molecule has 1 aromatic carbocycles. The number of likely N-dealkylation sites (tertiary alicyclic amines) is 1. The van der Waals surface area contributed by atoms with Crippen molar-refractivity contribution in [3.63, 3.8) is 0 Å². The van der Waals surface area contributed by atoms with Crippen molar-refractivity contribution < 1.29 is 41.8 Å². The van der Waals surface area contributed by atoms with E-state index in [1.54, 1.807) is 59.7 Å². The molecule has 52 heavy (non-hydrogen) atoms. The van der Waals surface area contributed by atoms with Gasteiger partial charge in [0.25, 0.3) is 5.91 Å². The summed E-state index contributed by atoms with van der Waals surface area (Å²) in [6, 6.07) is 2.93. The highest BCUT2D eigenvalue weighted by molar-refractivity contribution is 7.91. The van der Waals surface area contributed by atoms with Gasteiger partial charge in [0, 0.05) is 22.2 Å². The zero-order valence-electron chi connectivity index (χ0n) is 30.6. The second-order valence-electron chi connectivity index (χ2n) is 16.5. The van der Waals surface area contributed by atoms with Gasteiger partial charge >= 0.3 is 6.09 Å². The third-order valence-corrected chi connectivity index (χ3v) is 12.1. The van der Waals surface area contributed by atoms with E-state index < -0.39 is 73.8 Å². The predicted octanol–water partition coefficient (Wildman–Crippen LogP) is 4.08. The minimum atomic E-state index is -3.87. The Balaban J connectivity index is 1.31. The smallest absolute Gasteiger partial charge is 0.408 e. The van der Waals surface area contributed by atoms with Gasteiger partial charge in [0.05, 0.1) is 25.1 Å². The fourth-order valence-electron chi connectivity index (χ4n) is 7.00. The van der Waals surface area contributed by atoms with Gasteiger partial charge in [-0.1, -0.05) is 32.4 Å². The zero-order valence-corrected chi connectivity index (χ0v) is 32.2. The SMILES string of the molecule is COc1cnc(O[C@@H]2C[C@@H](C(=O)N[C@]3(C(=O)NS(=O)(=O)C4CC4)C[C@H]3C3CC3)N(C(=O)[C@@H](NC(=O)OC(C)(C)C)C(C)(C)C)C2)c2cc(Cl)ccc12. The van der Waals surface area contributed by atoms with Crippen molar-refractivity contribution in [2.45, 2.75) is 115 Å².